The van der Waals surface area contributed by atoms with Crippen LogP contribution in [-0.4, -0.2) is 61.7 Å². The van der Waals surface area contributed by atoms with Gasteiger partial charge in [-0.15, -0.1) is 0 Å². The number of aromatic nitrogens is 4. The standard InChI is InChI=1S/C22H24Cl2F2N6S/c23-17-7-14-9-27-22(30-19-10-28-32(21(19)24)11-20(25)26)29-18(14)8-16(17)13-1-4-31(5-2-13)15-3-6-33-12-15/h7-10,13,15,20H,1-6,11-12H2,(H,27,29,30)/t15-/m1/s1. The zero-order valence-corrected chi connectivity index (χ0v) is 20.2. The van der Waals surface area contributed by atoms with E-state index < -0.39 is 13.0 Å². The number of halogens is 4. The molecule has 1 atom stereocenters. The molecule has 33 heavy (non-hydrogen) atoms. The van der Waals surface area contributed by atoms with Gasteiger partial charge in [-0.1, -0.05) is 23.2 Å². The molecule has 0 aliphatic carbocycles. The third kappa shape index (κ3) is 5.06. The molecule has 0 radical (unpaired) electrons. The Morgan fingerprint density at radius 3 is 2.70 bits per heavy atom. The maximum atomic E-state index is 12.7. The number of anilines is 2. The van der Waals surface area contributed by atoms with Gasteiger partial charge in [0.1, 0.15) is 6.54 Å². The van der Waals surface area contributed by atoms with E-state index in [-0.39, 0.29) is 5.15 Å². The van der Waals surface area contributed by atoms with Crippen LogP contribution in [0.25, 0.3) is 10.9 Å². The van der Waals surface area contributed by atoms with Crippen LogP contribution in [0.3, 0.4) is 0 Å². The second kappa shape index (κ2) is 9.90. The number of hydrogen-bond donors (Lipinski definition) is 1. The fourth-order valence-corrected chi connectivity index (χ4v) is 6.45. The van der Waals surface area contributed by atoms with Gasteiger partial charge in [-0.3, -0.25) is 4.90 Å². The normalized spacial score (nSPS) is 20.2. The minimum absolute atomic E-state index is 0.0863. The molecule has 1 N–H and O–H groups in total. The van der Waals surface area contributed by atoms with Crippen molar-refractivity contribution in [3.05, 3.63) is 40.3 Å². The van der Waals surface area contributed by atoms with E-state index in [0.29, 0.717) is 17.6 Å². The van der Waals surface area contributed by atoms with E-state index >= 15 is 0 Å². The van der Waals surface area contributed by atoms with Crippen LogP contribution in [0.15, 0.2) is 24.5 Å². The summed E-state index contributed by atoms with van der Waals surface area (Å²) in [4.78, 5) is 11.6. The number of hydrogen-bond acceptors (Lipinski definition) is 6. The number of alkyl halides is 2. The molecular formula is C22H24Cl2F2N6S. The van der Waals surface area contributed by atoms with Crippen LogP contribution < -0.4 is 5.32 Å². The molecule has 4 heterocycles. The van der Waals surface area contributed by atoms with Crippen molar-refractivity contribution in [3.63, 3.8) is 0 Å². The Balaban J connectivity index is 1.33. The van der Waals surface area contributed by atoms with Gasteiger partial charge in [0.15, 0.2) is 5.15 Å². The molecule has 5 rings (SSSR count). The first-order valence-corrected chi connectivity index (χ1v) is 12.9. The molecule has 2 fully saturated rings. The second-order valence-corrected chi connectivity index (χ2v) is 10.4. The summed E-state index contributed by atoms with van der Waals surface area (Å²) in [5, 5.41) is 8.56. The molecule has 6 nitrogen and oxygen atoms in total. The maximum absolute atomic E-state index is 12.7. The van der Waals surface area contributed by atoms with Gasteiger partial charge >= 0.3 is 0 Å². The largest absolute Gasteiger partial charge is 0.320 e. The molecule has 176 valence electrons. The van der Waals surface area contributed by atoms with Crippen molar-refractivity contribution in [1.82, 2.24) is 24.6 Å². The third-order valence-corrected chi connectivity index (χ3v) is 8.29. The zero-order chi connectivity index (χ0) is 22.9. The van der Waals surface area contributed by atoms with E-state index in [1.165, 1.54) is 24.1 Å². The molecule has 2 aliphatic heterocycles. The highest BCUT2D eigenvalue weighted by Gasteiger charge is 2.29. The molecule has 0 bridgehead atoms. The summed E-state index contributed by atoms with van der Waals surface area (Å²) in [6, 6.07) is 4.70. The Kier molecular flexibility index (Phi) is 6.92. The number of rotatable bonds is 6. The van der Waals surface area contributed by atoms with Gasteiger partial charge in [-0.25, -0.2) is 23.4 Å². The SMILES string of the molecule is FC(F)Cn1ncc(Nc2ncc3cc(Cl)c(C4CCN([C@@H]5CCSC5)CC4)cc3n2)c1Cl. The molecule has 11 heteroatoms. The Bertz CT molecular complexity index is 1130. The minimum atomic E-state index is -2.54. The molecule has 0 spiro atoms. The Hall–Kier alpha value is -1.68. The molecule has 2 aromatic heterocycles. The molecular weight excluding hydrogens is 489 g/mol. The minimum Gasteiger partial charge on any atom is -0.320 e. The van der Waals surface area contributed by atoms with E-state index in [0.717, 1.165) is 58.1 Å². The topological polar surface area (TPSA) is 58.9 Å². The number of benzene rings is 1. The summed E-state index contributed by atoms with van der Waals surface area (Å²) in [7, 11) is 0. The summed E-state index contributed by atoms with van der Waals surface area (Å²) < 4.78 is 26.4. The van der Waals surface area contributed by atoms with Crippen LogP contribution in [0.1, 0.15) is 30.7 Å². The second-order valence-electron chi connectivity index (χ2n) is 8.50. The van der Waals surface area contributed by atoms with E-state index in [4.69, 9.17) is 23.2 Å². The smallest absolute Gasteiger partial charge is 0.257 e. The van der Waals surface area contributed by atoms with Gasteiger partial charge in [0.25, 0.3) is 6.43 Å². The highest BCUT2D eigenvalue weighted by Crippen LogP contribution is 2.37. The van der Waals surface area contributed by atoms with Crippen molar-refractivity contribution in [2.45, 2.75) is 44.2 Å². The summed E-state index contributed by atoms with van der Waals surface area (Å²) in [5.41, 5.74) is 2.28. The fourth-order valence-electron chi connectivity index (χ4n) is 4.66. The zero-order valence-electron chi connectivity index (χ0n) is 17.9. The monoisotopic (exact) mass is 512 g/mol. The molecule has 3 aromatic rings. The van der Waals surface area contributed by atoms with Crippen LogP contribution in [0, 0.1) is 0 Å². The lowest BCUT2D eigenvalue weighted by Gasteiger charge is -2.36. The van der Waals surface area contributed by atoms with Crippen molar-refractivity contribution < 1.29 is 8.78 Å². The molecule has 0 amide bonds. The lowest BCUT2D eigenvalue weighted by molar-refractivity contribution is 0.122. The van der Waals surface area contributed by atoms with Gasteiger partial charge in [0, 0.05) is 28.4 Å². The lowest BCUT2D eigenvalue weighted by atomic mass is 9.88. The van der Waals surface area contributed by atoms with Crippen molar-refractivity contribution in [3.8, 4) is 0 Å². The Labute approximate surface area is 205 Å². The van der Waals surface area contributed by atoms with Crippen LogP contribution in [0.4, 0.5) is 20.4 Å². The number of piperidine rings is 1. The Morgan fingerprint density at radius 2 is 1.97 bits per heavy atom. The molecule has 1 aromatic carbocycles. The van der Waals surface area contributed by atoms with Crippen LogP contribution in [0.5, 0.6) is 0 Å². The fraction of sp³-hybridized carbons (Fsp3) is 0.500. The molecule has 0 unspecified atom stereocenters. The van der Waals surface area contributed by atoms with Crippen molar-refractivity contribution in [2.75, 3.05) is 29.9 Å². The number of fused-ring (bicyclic) bond motifs is 1. The molecule has 2 saturated heterocycles. The number of nitrogens with zero attached hydrogens (tertiary/aromatic N) is 5. The van der Waals surface area contributed by atoms with Crippen LogP contribution in [0.2, 0.25) is 10.2 Å². The summed E-state index contributed by atoms with van der Waals surface area (Å²) in [6.07, 6.45) is 4.01. The highest BCUT2D eigenvalue weighted by atomic mass is 35.5. The average Bonchev–Trinajstić information content (AvgIpc) is 3.45. The Morgan fingerprint density at radius 1 is 1.15 bits per heavy atom. The van der Waals surface area contributed by atoms with Gasteiger partial charge in [-0.05, 0) is 61.7 Å². The molecule has 0 saturated carbocycles. The van der Waals surface area contributed by atoms with Crippen molar-refractivity contribution >= 4 is 57.5 Å². The maximum Gasteiger partial charge on any atom is 0.257 e. The van der Waals surface area contributed by atoms with Crippen LogP contribution >= 0.6 is 35.0 Å². The average molecular weight is 513 g/mol. The van der Waals surface area contributed by atoms with Crippen molar-refractivity contribution in [1.29, 1.82) is 0 Å². The summed E-state index contributed by atoms with van der Waals surface area (Å²) in [6.45, 7) is 1.63. The van der Waals surface area contributed by atoms with E-state index in [2.05, 4.69) is 43.1 Å². The summed E-state index contributed by atoms with van der Waals surface area (Å²) >= 11 is 14.9. The number of likely N-dealkylation sites (tertiary alicyclic amines) is 1. The van der Waals surface area contributed by atoms with Gasteiger partial charge in [-0.2, -0.15) is 16.9 Å². The first kappa shape index (κ1) is 23.1. The highest BCUT2D eigenvalue weighted by molar-refractivity contribution is 7.99. The molecule has 2 aliphatic rings. The lowest BCUT2D eigenvalue weighted by Crippen LogP contribution is -2.41. The third-order valence-electron chi connectivity index (χ3n) is 6.42. The first-order valence-electron chi connectivity index (χ1n) is 11.0. The van der Waals surface area contributed by atoms with E-state index in [9.17, 15) is 8.78 Å². The van der Waals surface area contributed by atoms with Crippen molar-refractivity contribution in [2.24, 2.45) is 0 Å². The first-order chi connectivity index (χ1) is 16.0. The predicted octanol–water partition coefficient (Wildman–Crippen LogP) is 5.83. The number of nitrogens with one attached hydrogen (secondary N) is 1. The number of thioether (sulfide) groups is 1. The summed E-state index contributed by atoms with van der Waals surface area (Å²) in [5.74, 6) is 3.25. The van der Waals surface area contributed by atoms with E-state index in [1.807, 2.05) is 6.07 Å². The van der Waals surface area contributed by atoms with E-state index in [1.54, 1.807) is 6.20 Å². The van der Waals surface area contributed by atoms with Crippen LogP contribution in [-0.2, 0) is 6.54 Å². The van der Waals surface area contributed by atoms with Gasteiger partial charge in [0.05, 0.1) is 17.4 Å². The van der Waals surface area contributed by atoms with Gasteiger partial charge < -0.3 is 5.32 Å². The van der Waals surface area contributed by atoms with Gasteiger partial charge in [0.2, 0.25) is 5.95 Å². The quantitative estimate of drug-likeness (QED) is 0.448. The predicted molar refractivity (Wildman–Crippen MR) is 130 cm³/mol.